The highest BCUT2D eigenvalue weighted by molar-refractivity contribution is 7.98. The minimum absolute atomic E-state index is 0.232. The fraction of sp³-hybridized carbons (Fsp3) is 0.200. The van der Waals surface area contributed by atoms with E-state index in [0.29, 0.717) is 11.7 Å². The number of nitrogens with zero attached hydrogens (tertiary/aromatic N) is 3. The zero-order chi connectivity index (χ0) is 21.8. The van der Waals surface area contributed by atoms with Crippen molar-refractivity contribution in [1.29, 1.82) is 0 Å². The summed E-state index contributed by atoms with van der Waals surface area (Å²) in [6.07, 6.45) is 0. The van der Waals surface area contributed by atoms with Gasteiger partial charge in [0.1, 0.15) is 11.6 Å². The molecule has 0 unspecified atom stereocenters. The van der Waals surface area contributed by atoms with Crippen LogP contribution in [0.2, 0.25) is 0 Å². The Hall–Kier alpha value is -3.12. The van der Waals surface area contributed by atoms with Gasteiger partial charge in [-0.2, -0.15) is 0 Å². The van der Waals surface area contributed by atoms with Crippen molar-refractivity contribution in [3.8, 4) is 22.8 Å². The van der Waals surface area contributed by atoms with Crippen molar-refractivity contribution >= 4 is 11.8 Å². The third-order valence-corrected chi connectivity index (χ3v) is 6.06. The Labute approximate surface area is 186 Å². The largest absolute Gasteiger partial charge is 0.497 e. The number of rotatable bonds is 7. The van der Waals surface area contributed by atoms with Crippen LogP contribution in [0.5, 0.6) is 5.75 Å². The number of ether oxygens (including phenoxy) is 1. The normalized spacial score (nSPS) is 11.1. The summed E-state index contributed by atoms with van der Waals surface area (Å²) < 4.78 is 20.7. The van der Waals surface area contributed by atoms with E-state index in [0.717, 1.165) is 33.5 Å². The maximum absolute atomic E-state index is 13.3. The summed E-state index contributed by atoms with van der Waals surface area (Å²) in [5.41, 5.74) is 4.28. The first-order chi connectivity index (χ1) is 15.1. The average molecular weight is 434 g/mol. The van der Waals surface area contributed by atoms with Crippen molar-refractivity contribution in [3.05, 3.63) is 89.7 Å². The fourth-order valence-corrected chi connectivity index (χ4v) is 4.32. The van der Waals surface area contributed by atoms with Crippen molar-refractivity contribution in [2.75, 3.05) is 7.11 Å². The molecule has 158 valence electrons. The Morgan fingerprint density at radius 3 is 2.32 bits per heavy atom. The molecule has 0 aliphatic rings. The Balaban J connectivity index is 1.78. The second-order valence-electron chi connectivity index (χ2n) is 7.50. The number of thioether (sulfide) groups is 1. The second-order valence-corrected chi connectivity index (χ2v) is 8.44. The maximum atomic E-state index is 13.3. The van der Waals surface area contributed by atoms with E-state index in [-0.39, 0.29) is 5.82 Å². The molecule has 3 aromatic carbocycles. The fourth-order valence-electron chi connectivity index (χ4n) is 3.42. The predicted octanol–water partition coefficient (Wildman–Crippen LogP) is 6.50. The lowest BCUT2D eigenvalue weighted by Gasteiger charge is -2.17. The number of halogens is 1. The molecule has 0 saturated heterocycles. The summed E-state index contributed by atoms with van der Waals surface area (Å²) in [5.74, 6) is 2.35. The van der Waals surface area contributed by atoms with E-state index in [9.17, 15) is 4.39 Å². The molecule has 0 fully saturated rings. The molecule has 0 amide bonds. The van der Waals surface area contributed by atoms with Crippen molar-refractivity contribution < 1.29 is 9.13 Å². The number of hydrogen-bond donors (Lipinski definition) is 0. The minimum Gasteiger partial charge on any atom is -0.497 e. The highest BCUT2D eigenvalue weighted by Gasteiger charge is 2.19. The number of methoxy groups -OCH3 is 1. The molecule has 31 heavy (non-hydrogen) atoms. The zero-order valence-electron chi connectivity index (χ0n) is 17.7. The highest BCUT2D eigenvalue weighted by Crippen LogP contribution is 2.33. The van der Waals surface area contributed by atoms with Gasteiger partial charge in [-0.15, -0.1) is 10.2 Å². The lowest BCUT2D eigenvalue weighted by atomic mass is 10.0. The van der Waals surface area contributed by atoms with Crippen LogP contribution in [0.15, 0.2) is 78.0 Å². The van der Waals surface area contributed by atoms with Gasteiger partial charge in [0.25, 0.3) is 0 Å². The van der Waals surface area contributed by atoms with E-state index in [1.807, 2.05) is 30.3 Å². The van der Waals surface area contributed by atoms with Crippen LogP contribution in [0.4, 0.5) is 4.39 Å². The molecule has 1 heterocycles. The Morgan fingerprint density at radius 2 is 1.65 bits per heavy atom. The van der Waals surface area contributed by atoms with Crippen molar-refractivity contribution in [2.24, 2.45) is 0 Å². The number of aromatic nitrogens is 3. The first kappa shape index (κ1) is 21.1. The van der Waals surface area contributed by atoms with Crippen LogP contribution in [-0.2, 0) is 5.75 Å². The molecule has 0 radical (unpaired) electrons. The third kappa shape index (κ3) is 4.64. The summed E-state index contributed by atoms with van der Waals surface area (Å²) in [4.78, 5) is 0. The van der Waals surface area contributed by atoms with Crippen LogP contribution >= 0.6 is 11.8 Å². The van der Waals surface area contributed by atoms with Crippen molar-refractivity contribution in [1.82, 2.24) is 14.8 Å². The minimum atomic E-state index is -0.232. The lowest BCUT2D eigenvalue weighted by molar-refractivity contribution is 0.415. The van der Waals surface area contributed by atoms with Crippen LogP contribution in [0.1, 0.15) is 30.9 Å². The number of hydrogen-bond acceptors (Lipinski definition) is 4. The standard InChI is InChI=1S/C25H24FN3OS/c1-17(2)22-6-4-5-7-23(22)29-24(19-10-14-21(30-3)15-11-19)27-28-25(29)31-16-18-8-12-20(26)13-9-18/h4-15,17H,16H2,1-3H3. The molecule has 0 N–H and O–H groups in total. The van der Waals surface area contributed by atoms with E-state index < -0.39 is 0 Å². The molecule has 0 atom stereocenters. The summed E-state index contributed by atoms with van der Waals surface area (Å²) in [7, 11) is 1.65. The molecule has 1 aromatic heterocycles. The highest BCUT2D eigenvalue weighted by atomic mass is 32.2. The molecule has 4 nitrogen and oxygen atoms in total. The number of benzene rings is 3. The van der Waals surface area contributed by atoms with E-state index >= 15 is 0 Å². The van der Waals surface area contributed by atoms with Crippen LogP contribution in [0.3, 0.4) is 0 Å². The van der Waals surface area contributed by atoms with Crippen molar-refractivity contribution in [3.63, 3.8) is 0 Å². The van der Waals surface area contributed by atoms with Crippen LogP contribution < -0.4 is 4.74 Å². The summed E-state index contributed by atoms with van der Waals surface area (Å²) in [6.45, 7) is 4.36. The molecule has 0 spiro atoms. The Morgan fingerprint density at radius 1 is 0.935 bits per heavy atom. The van der Waals surface area contributed by atoms with Crippen LogP contribution in [0.25, 0.3) is 17.1 Å². The molecule has 0 aliphatic carbocycles. The first-order valence-corrected chi connectivity index (χ1v) is 11.1. The van der Waals surface area contributed by atoms with Gasteiger partial charge in [0, 0.05) is 11.3 Å². The molecule has 0 saturated carbocycles. The van der Waals surface area contributed by atoms with Gasteiger partial charge < -0.3 is 4.74 Å². The van der Waals surface area contributed by atoms with Gasteiger partial charge in [0.15, 0.2) is 11.0 Å². The quantitative estimate of drug-likeness (QED) is 0.312. The van der Waals surface area contributed by atoms with Crippen LogP contribution in [0, 0.1) is 5.82 Å². The van der Waals surface area contributed by atoms with Gasteiger partial charge in [-0.1, -0.05) is 55.9 Å². The summed E-state index contributed by atoms with van der Waals surface area (Å²) in [6, 6.07) is 22.7. The molecule has 0 aliphatic heterocycles. The Bertz CT molecular complexity index is 1150. The molecule has 4 rings (SSSR count). The first-order valence-electron chi connectivity index (χ1n) is 10.1. The SMILES string of the molecule is COc1ccc(-c2nnc(SCc3ccc(F)cc3)n2-c2ccccc2C(C)C)cc1. The van der Waals surface area contributed by atoms with Gasteiger partial charge in [0.2, 0.25) is 0 Å². The monoisotopic (exact) mass is 433 g/mol. The molecular formula is C25H24FN3OS. The van der Waals surface area contributed by atoms with Crippen molar-refractivity contribution in [2.45, 2.75) is 30.7 Å². The van der Waals surface area contributed by atoms with Gasteiger partial charge >= 0.3 is 0 Å². The molecule has 4 aromatic rings. The Kier molecular flexibility index (Phi) is 6.37. The molecular weight excluding hydrogens is 409 g/mol. The topological polar surface area (TPSA) is 39.9 Å². The predicted molar refractivity (Wildman–Crippen MR) is 123 cm³/mol. The maximum Gasteiger partial charge on any atom is 0.196 e. The second kappa shape index (κ2) is 9.35. The van der Waals surface area contributed by atoms with E-state index in [4.69, 9.17) is 4.74 Å². The number of para-hydroxylation sites is 1. The molecule has 6 heteroatoms. The van der Waals surface area contributed by atoms with Gasteiger partial charge in [0.05, 0.1) is 12.8 Å². The zero-order valence-corrected chi connectivity index (χ0v) is 18.6. The van der Waals surface area contributed by atoms with Gasteiger partial charge in [-0.3, -0.25) is 4.57 Å². The summed E-state index contributed by atoms with van der Waals surface area (Å²) >= 11 is 1.59. The smallest absolute Gasteiger partial charge is 0.196 e. The van der Waals surface area contributed by atoms with Gasteiger partial charge in [-0.05, 0) is 59.5 Å². The molecule has 0 bridgehead atoms. The summed E-state index contributed by atoms with van der Waals surface area (Å²) in [5, 5.41) is 9.85. The van der Waals surface area contributed by atoms with Gasteiger partial charge in [-0.25, -0.2) is 4.39 Å². The van der Waals surface area contributed by atoms with E-state index in [1.165, 1.54) is 17.7 Å². The van der Waals surface area contributed by atoms with Crippen LogP contribution in [-0.4, -0.2) is 21.9 Å². The van der Waals surface area contributed by atoms with E-state index in [1.54, 1.807) is 31.0 Å². The van der Waals surface area contributed by atoms with E-state index in [2.05, 4.69) is 46.8 Å². The average Bonchev–Trinajstić information content (AvgIpc) is 3.22. The lowest BCUT2D eigenvalue weighted by Crippen LogP contribution is -2.05. The third-order valence-electron chi connectivity index (χ3n) is 5.06.